The number of amides is 1. The Bertz CT molecular complexity index is 1040. The molecular weight excluding hydrogens is 385 g/mol. The maximum absolute atomic E-state index is 12.8. The van der Waals surface area contributed by atoms with Gasteiger partial charge in [-0.25, -0.2) is 9.50 Å². The summed E-state index contributed by atoms with van der Waals surface area (Å²) in [5.41, 5.74) is 1.94. The normalized spacial score (nSPS) is 17.6. The van der Waals surface area contributed by atoms with E-state index in [0.29, 0.717) is 22.2 Å². The SMILES string of the molecule is Cc1cc(=O)n2[nH]c(C3CCCN3C(=O)c3nsc(Cl)c3Cl)cc2n1. The third kappa shape index (κ3) is 2.74. The minimum atomic E-state index is -0.259. The van der Waals surface area contributed by atoms with Crippen LogP contribution in [0.15, 0.2) is 16.9 Å². The molecule has 4 heterocycles. The van der Waals surface area contributed by atoms with E-state index in [9.17, 15) is 9.59 Å². The second kappa shape index (κ2) is 6.12. The fourth-order valence-corrected chi connectivity index (χ4v) is 4.15. The van der Waals surface area contributed by atoms with Crippen LogP contribution in [0, 0.1) is 6.92 Å². The summed E-state index contributed by atoms with van der Waals surface area (Å²) >= 11 is 13.0. The molecule has 0 aromatic carbocycles. The number of carbonyl (C=O) groups is 1. The molecule has 1 fully saturated rings. The number of fused-ring (bicyclic) bond motifs is 1. The minimum absolute atomic E-state index is 0.172. The minimum Gasteiger partial charge on any atom is -0.329 e. The highest BCUT2D eigenvalue weighted by Crippen LogP contribution is 2.36. The van der Waals surface area contributed by atoms with Gasteiger partial charge in [0.05, 0.1) is 11.7 Å². The molecule has 1 N–H and O–H groups in total. The average molecular weight is 398 g/mol. The molecule has 1 amide bonds. The number of aryl methyl sites for hydroxylation is 1. The van der Waals surface area contributed by atoms with Crippen molar-refractivity contribution in [1.29, 1.82) is 0 Å². The van der Waals surface area contributed by atoms with Crippen LogP contribution >= 0.6 is 34.7 Å². The molecule has 0 bridgehead atoms. The number of H-pyrrole nitrogens is 1. The van der Waals surface area contributed by atoms with E-state index in [1.165, 1.54) is 10.6 Å². The molecule has 0 aliphatic carbocycles. The van der Waals surface area contributed by atoms with Gasteiger partial charge in [0.2, 0.25) is 0 Å². The van der Waals surface area contributed by atoms with Crippen LogP contribution in [0.5, 0.6) is 0 Å². The van der Waals surface area contributed by atoms with Crippen LogP contribution in [0.25, 0.3) is 5.65 Å². The van der Waals surface area contributed by atoms with Crippen LogP contribution in [0.1, 0.15) is 40.8 Å². The number of hydrogen-bond acceptors (Lipinski definition) is 5. The number of aromatic nitrogens is 4. The van der Waals surface area contributed by atoms with Crippen LogP contribution in [-0.4, -0.2) is 36.3 Å². The van der Waals surface area contributed by atoms with Crippen LogP contribution in [-0.2, 0) is 0 Å². The van der Waals surface area contributed by atoms with Gasteiger partial charge in [-0.3, -0.25) is 14.7 Å². The Morgan fingerprint density at radius 3 is 2.92 bits per heavy atom. The summed E-state index contributed by atoms with van der Waals surface area (Å²) in [5, 5.41) is 3.25. The lowest BCUT2D eigenvalue weighted by atomic mass is 10.1. The van der Waals surface area contributed by atoms with Gasteiger partial charge in [-0.15, -0.1) is 0 Å². The first-order valence-electron chi connectivity index (χ1n) is 7.66. The highest BCUT2D eigenvalue weighted by molar-refractivity contribution is 7.11. The molecule has 1 aliphatic rings. The third-order valence-corrected chi connectivity index (χ3v) is 5.88. The molecule has 25 heavy (non-hydrogen) atoms. The van der Waals surface area contributed by atoms with Gasteiger partial charge >= 0.3 is 0 Å². The van der Waals surface area contributed by atoms with Crippen molar-refractivity contribution >= 4 is 46.3 Å². The highest BCUT2D eigenvalue weighted by Gasteiger charge is 2.34. The van der Waals surface area contributed by atoms with Crippen molar-refractivity contribution < 1.29 is 4.79 Å². The zero-order valence-corrected chi connectivity index (χ0v) is 15.5. The smallest absolute Gasteiger partial charge is 0.275 e. The monoisotopic (exact) mass is 397 g/mol. The van der Waals surface area contributed by atoms with Crippen molar-refractivity contribution in [1.82, 2.24) is 23.9 Å². The van der Waals surface area contributed by atoms with Gasteiger partial charge in [0.1, 0.15) is 9.36 Å². The lowest BCUT2D eigenvalue weighted by Gasteiger charge is -2.23. The standard InChI is InChI=1S/C15H13Cl2N5O2S/c1-7-5-11(23)22-10(18-7)6-8(19-22)9-3-2-4-21(9)15(24)13-12(16)14(17)25-20-13/h5-6,9,19H,2-4H2,1H3. The number of aromatic amines is 1. The number of hydrogen-bond donors (Lipinski definition) is 1. The second-order valence-corrected chi connectivity index (χ2v) is 7.67. The predicted molar refractivity (Wildman–Crippen MR) is 95.7 cm³/mol. The van der Waals surface area contributed by atoms with E-state index in [1.807, 2.05) is 0 Å². The van der Waals surface area contributed by atoms with Crippen LogP contribution in [0.2, 0.25) is 9.36 Å². The molecule has 7 nitrogen and oxygen atoms in total. The summed E-state index contributed by atoms with van der Waals surface area (Å²) in [7, 11) is 0. The van der Waals surface area contributed by atoms with E-state index < -0.39 is 0 Å². The Morgan fingerprint density at radius 2 is 2.20 bits per heavy atom. The number of likely N-dealkylation sites (tertiary alicyclic amines) is 1. The summed E-state index contributed by atoms with van der Waals surface area (Å²) < 4.78 is 5.75. The molecule has 3 aromatic heterocycles. The Labute approximate surface area is 156 Å². The molecule has 130 valence electrons. The lowest BCUT2D eigenvalue weighted by molar-refractivity contribution is 0.0728. The zero-order chi connectivity index (χ0) is 17.7. The van der Waals surface area contributed by atoms with Gasteiger partial charge in [-0.2, -0.15) is 4.37 Å². The predicted octanol–water partition coefficient (Wildman–Crippen LogP) is 3.07. The van der Waals surface area contributed by atoms with E-state index in [1.54, 1.807) is 17.9 Å². The molecule has 3 aromatic rings. The Balaban J connectivity index is 1.72. The molecule has 10 heteroatoms. The fraction of sp³-hybridized carbons (Fsp3) is 0.333. The van der Waals surface area contributed by atoms with Gasteiger partial charge in [-0.05, 0) is 31.3 Å². The van der Waals surface area contributed by atoms with Gasteiger partial charge in [-0.1, -0.05) is 23.2 Å². The molecule has 0 radical (unpaired) electrons. The molecule has 1 unspecified atom stereocenters. The molecule has 1 atom stereocenters. The maximum atomic E-state index is 12.8. The van der Waals surface area contributed by atoms with Crippen molar-refractivity contribution in [2.75, 3.05) is 6.54 Å². The van der Waals surface area contributed by atoms with Crippen molar-refractivity contribution in [3.63, 3.8) is 0 Å². The van der Waals surface area contributed by atoms with Gasteiger partial charge in [0, 0.05) is 24.4 Å². The zero-order valence-electron chi connectivity index (χ0n) is 13.1. The van der Waals surface area contributed by atoms with Gasteiger partial charge in [0.15, 0.2) is 11.3 Å². The van der Waals surface area contributed by atoms with E-state index >= 15 is 0 Å². The highest BCUT2D eigenvalue weighted by atomic mass is 35.5. The number of carbonyl (C=O) groups excluding carboxylic acids is 1. The molecule has 1 aliphatic heterocycles. The summed E-state index contributed by atoms with van der Waals surface area (Å²) in [4.78, 5) is 31.0. The molecule has 4 rings (SSSR count). The van der Waals surface area contributed by atoms with E-state index in [2.05, 4.69) is 14.5 Å². The first kappa shape index (κ1) is 16.6. The number of rotatable bonds is 2. The Kier molecular flexibility index (Phi) is 4.05. The lowest BCUT2D eigenvalue weighted by Crippen LogP contribution is -2.31. The van der Waals surface area contributed by atoms with E-state index in [-0.39, 0.29) is 28.2 Å². The first-order valence-corrected chi connectivity index (χ1v) is 9.19. The molecule has 0 spiro atoms. The van der Waals surface area contributed by atoms with E-state index in [4.69, 9.17) is 23.2 Å². The number of halogens is 2. The second-order valence-electron chi connectivity index (χ2n) is 5.92. The quantitative estimate of drug-likeness (QED) is 0.719. The van der Waals surface area contributed by atoms with Crippen LogP contribution in [0.3, 0.4) is 0 Å². The summed E-state index contributed by atoms with van der Waals surface area (Å²) in [5.74, 6) is -0.259. The fourth-order valence-electron chi connectivity index (χ4n) is 3.16. The third-order valence-electron chi connectivity index (χ3n) is 4.27. The van der Waals surface area contributed by atoms with Crippen LogP contribution < -0.4 is 5.56 Å². The largest absolute Gasteiger partial charge is 0.329 e. The van der Waals surface area contributed by atoms with Crippen LogP contribution in [0.4, 0.5) is 0 Å². The maximum Gasteiger partial charge on any atom is 0.275 e. The van der Waals surface area contributed by atoms with Gasteiger partial charge in [0.25, 0.3) is 11.5 Å². The molecular formula is C15H13Cl2N5O2S. The van der Waals surface area contributed by atoms with Crippen molar-refractivity contribution in [3.05, 3.63) is 48.9 Å². The van der Waals surface area contributed by atoms with Crippen molar-refractivity contribution in [2.45, 2.75) is 25.8 Å². The molecule has 0 saturated carbocycles. The number of nitrogens with one attached hydrogen (secondary N) is 1. The van der Waals surface area contributed by atoms with Crippen molar-refractivity contribution in [3.8, 4) is 0 Å². The Morgan fingerprint density at radius 1 is 1.40 bits per heavy atom. The topological polar surface area (TPSA) is 83.4 Å². The number of nitrogens with zero attached hydrogens (tertiary/aromatic N) is 4. The van der Waals surface area contributed by atoms with Crippen molar-refractivity contribution in [2.24, 2.45) is 0 Å². The Hall–Kier alpha value is -1.90. The van der Waals surface area contributed by atoms with E-state index in [0.717, 1.165) is 30.1 Å². The first-order chi connectivity index (χ1) is 12.0. The summed E-state index contributed by atoms with van der Waals surface area (Å²) in [6.45, 7) is 2.36. The summed E-state index contributed by atoms with van der Waals surface area (Å²) in [6, 6.07) is 3.08. The molecule has 1 saturated heterocycles. The average Bonchev–Trinajstić information content (AvgIpc) is 3.26. The van der Waals surface area contributed by atoms with Gasteiger partial charge < -0.3 is 4.90 Å². The summed E-state index contributed by atoms with van der Waals surface area (Å²) in [6.07, 6.45) is 1.63.